The van der Waals surface area contributed by atoms with Crippen LogP contribution in [0.5, 0.6) is 5.88 Å². The average molecular weight is 489 g/mol. The summed E-state index contributed by atoms with van der Waals surface area (Å²) in [6, 6.07) is 3.26. The van der Waals surface area contributed by atoms with Gasteiger partial charge in [-0.15, -0.1) is 12.4 Å². The van der Waals surface area contributed by atoms with Gasteiger partial charge in [-0.1, -0.05) is 23.2 Å². The highest BCUT2D eigenvalue weighted by molar-refractivity contribution is 6.33. The number of halogens is 3. The zero-order valence-electron chi connectivity index (χ0n) is 17.5. The van der Waals surface area contributed by atoms with Gasteiger partial charge in [0, 0.05) is 49.5 Å². The molecule has 2 fully saturated rings. The van der Waals surface area contributed by atoms with E-state index in [0.717, 1.165) is 57.6 Å². The Balaban J connectivity index is 0.000000322. The van der Waals surface area contributed by atoms with Crippen molar-refractivity contribution in [2.75, 3.05) is 26.2 Å². The highest BCUT2D eigenvalue weighted by Crippen LogP contribution is 2.32. The minimum atomic E-state index is 0. The quantitative estimate of drug-likeness (QED) is 0.654. The molecule has 0 aromatic carbocycles. The molecule has 2 saturated heterocycles. The summed E-state index contributed by atoms with van der Waals surface area (Å²) in [4.78, 5) is 26.0. The summed E-state index contributed by atoms with van der Waals surface area (Å²) < 4.78 is 6.12. The van der Waals surface area contributed by atoms with Crippen LogP contribution in [-0.4, -0.2) is 58.0 Å². The lowest BCUT2D eigenvalue weighted by Gasteiger charge is -2.32. The largest absolute Gasteiger partial charge is 0.473 e. The van der Waals surface area contributed by atoms with Crippen LogP contribution in [0, 0.1) is 0 Å². The van der Waals surface area contributed by atoms with Crippen LogP contribution >= 0.6 is 35.6 Å². The number of nitrogens with one attached hydrogen (secondary N) is 1. The van der Waals surface area contributed by atoms with Gasteiger partial charge in [0.15, 0.2) is 0 Å². The summed E-state index contributed by atoms with van der Waals surface area (Å²) in [6.45, 7) is 5.22. The second-order valence-electron chi connectivity index (χ2n) is 7.39. The molecule has 1 amide bonds. The Hall–Kier alpha value is -1.67. The summed E-state index contributed by atoms with van der Waals surface area (Å²) in [5.74, 6) is 1.18. The fourth-order valence-electron chi connectivity index (χ4n) is 3.62. The van der Waals surface area contributed by atoms with Gasteiger partial charge in [0.1, 0.15) is 17.0 Å². The molecule has 4 rings (SSSR count). The van der Waals surface area contributed by atoms with Crippen LogP contribution < -0.4 is 10.1 Å². The van der Waals surface area contributed by atoms with Crippen molar-refractivity contribution in [2.24, 2.45) is 0 Å². The maximum absolute atomic E-state index is 11.4. The predicted molar refractivity (Wildman–Crippen MR) is 124 cm³/mol. The van der Waals surface area contributed by atoms with Gasteiger partial charge >= 0.3 is 0 Å². The van der Waals surface area contributed by atoms with Gasteiger partial charge in [-0.25, -0.2) is 9.97 Å². The molecule has 2 aromatic rings. The first-order valence-electron chi connectivity index (χ1n) is 10.2. The van der Waals surface area contributed by atoms with Gasteiger partial charge in [-0.2, -0.15) is 0 Å². The molecule has 4 heterocycles. The third-order valence-corrected chi connectivity index (χ3v) is 5.71. The van der Waals surface area contributed by atoms with Gasteiger partial charge in [0.05, 0.1) is 0 Å². The van der Waals surface area contributed by atoms with Crippen LogP contribution in [0.25, 0.3) is 0 Å². The number of carbonyl (C=O) groups excluding carboxylic acids is 1. The Morgan fingerprint density at radius 3 is 2.32 bits per heavy atom. The van der Waals surface area contributed by atoms with Crippen LogP contribution in [0.3, 0.4) is 0 Å². The van der Waals surface area contributed by atoms with E-state index in [1.165, 1.54) is 0 Å². The summed E-state index contributed by atoms with van der Waals surface area (Å²) in [5.41, 5.74) is 0.962. The molecular formula is C21H28Cl3N5O2. The lowest BCUT2D eigenvalue weighted by molar-refractivity contribution is -0.129. The first kappa shape index (κ1) is 25.6. The molecule has 10 heteroatoms. The molecule has 2 aliphatic rings. The average Bonchev–Trinajstić information content (AvgIpc) is 2.75. The molecular weight excluding hydrogens is 461 g/mol. The fourth-order valence-corrected chi connectivity index (χ4v) is 4.01. The van der Waals surface area contributed by atoms with E-state index in [-0.39, 0.29) is 24.4 Å². The van der Waals surface area contributed by atoms with E-state index < -0.39 is 0 Å². The summed E-state index contributed by atoms with van der Waals surface area (Å²) >= 11 is 11.0. The third-order valence-electron chi connectivity index (χ3n) is 5.27. The first-order chi connectivity index (χ1) is 14.5. The van der Waals surface area contributed by atoms with E-state index >= 15 is 0 Å². The Bertz CT molecular complexity index is 811. The van der Waals surface area contributed by atoms with Gasteiger partial charge in [0.2, 0.25) is 11.8 Å². The Labute approximate surface area is 199 Å². The zero-order chi connectivity index (χ0) is 21.3. The van der Waals surface area contributed by atoms with Crippen molar-refractivity contribution in [3.8, 4) is 5.88 Å². The molecule has 0 radical (unpaired) electrons. The van der Waals surface area contributed by atoms with Gasteiger partial charge in [-0.05, 0) is 50.9 Å². The number of carbonyl (C=O) groups is 1. The van der Waals surface area contributed by atoms with E-state index in [1.807, 2.05) is 4.90 Å². The molecule has 0 bridgehead atoms. The third kappa shape index (κ3) is 8.07. The number of hydrogen-bond donors (Lipinski definition) is 1. The normalized spacial score (nSPS) is 17.2. The second kappa shape index (κ2) is 13.0. The SMILES string of the molecule is CC(=O)N1CCC(c2nccnc2OC2CCNCC2)CC1.Cl.Clc1ccnc(Cl)c1. The monoisotopic (exact) mass is 487 g/mol. The van der Waals surface area contributed by atoms with Crippen molar-refractivity contribution in [3.63, 3.8) is 0 Å². The van der Waals surface area contributed by atoms with E-state index in [0.29, 0.717) is 22.0 Å². The van der Waals surface area contributed by atoms with Crippen molar-refractivity contribution in [1.82, 2.24) is 25.2 Å². The number of amides is 1. The summed E-state index contributed by atoms with van der Waals surface area (Å²) in [6.07, 6.45) is 9.12. The van der Waals surface area contributed by atoms with Crippen LogP contribution in [0.15, 0.2) is 30.7 Å². The smallest absolute Gasteiger partial charge is 0.236 e. The van der Waals surface area contributed by atoms with Crippen molar-refractivity contribution in [2.45, 2.75) is 44.6 Å². The summed E-state index contributed by atoms with van der Waals surface area (Å²) in [7, 11) is 0. The number of likely N-dealkylation sites (tertiary alicyclic amines) is 1. The van der Waals surface area contributed by atoms with Crippen molar-refractivity contribution < 1.29 is 9.53 Å². The molecule has 0 atom stereocenters. The highest BCUT2D eigenvalue weighted by atomic mass is 35.5. The van der Waals surface area contributed by atoms with Crippen molar-refractivity contribution in [3.05, 3.63) is 46.6 Å². The molecule has 7 nitrogen and oxygen atoms in total. The van der Waals surface area contributed by atoms with E-state index in [2.05, 4.69) is 20.3 Å². The van der Waals surface area contributed by atoms with Crippen LogP contribution in [-0.2, 0) is 4.79 Å². The topological polar surface area (TPSA) is 80.2 Å². The maximum atomic E-state index is 11.4. The molecule has 2 aliphatic heterocycles. The molecule has 31 heavy (non-hydrogen) atoms. The molecule has 0 saturated carbocycles. The number of nitrogens with zero attached hydrogens (tertiary/aromatic N) is 4. The van der Waals surface area contributed by atoms with E-state index in [1.54, 1.807) is 37.6 Å². The lowest BCUT2D eigenvalue weighted by atomic mass is 9.93. The Kier molecular flexibility index (Phi) is 10.7. The second-order valence-corrected chi connectivity index (χ2v) is 8.21. The Morgan fingerprint density at radius 1 is 1.06 bits per heavy atom. The van der Waals surface area contributed by atoms with Crippen molar-refractivity contribution >= 4 is 41.5 Å². The maximum Gasteiger partial charge on any atom is 0.236 e. The van der Waals surface area contributed by atoms with Gasteiger partial charge < -0.3 is 15.0 Å². The standard InChI is InChI=1S/C16H24N4O2.C5H3Cl2N.ClH/c1-12(21)20-10-4-13(5-11-20)15-16(19-9-8-18-15)22-14-2-6-17-7-3-14;6-4-1-2-8-5(7)3-4;/h8-9,13-14,17H,2-7,10-11H2,1H3;1-3H;1H. The molecule has 170 valence electrons. The summed E-state index contributed by atoms with van der Waals surface area (Å²) in [5, 5.41) is 4.38. The zero-order valence-corrected chi connectivity index (χ0v) is 19.8. The number of rotatable bonds is 3. The molecule has 2 aromatic heterocycles. The first-order valence-corrected chi connectivity index (χ1v) is 11.0. The molecule has 0 spiro atoms. The van der Waals surface area contributed by atoms with Gasteiger partial charge in [-0.3, -0.25) is 9.78 Å². The number of piperidine rings is 2. The van der Waals surface area contributed by atoms with E-state index in [9.17, 15) is 4.79 Å². The number of hydrogen-bond acceptors (Lipinski definition) is 6. The number of pyridine rings is 1. The van der Waals surface area contributed by atoms with Crippen molar-refractivity contribution in [1.29, 1.82) is 0 Å². The number of aromatic nitrogens is 3. The molecule has 0 unspecified atom stereocenters. The minimum absolute atomic E-state index is 0. The number of ether oxygens (including phenoxy) is 1. The predicted octanol–water partition coefficient (Wildman–Crippen LogP) is 4.14. The highest BCUT2D eigenvalue weighted by Gasteiger charge is 2.27. The minimum Gasteiger partial charge on any atom is -0.473 e. The van der Waals surface area contributed by atoms with Crippen LogP contribution in [0.4, 0.5) is 0 Å². The van der Waals surface area contributed by atoms with Crippen LogP contribution in [0.1, 0.15) is 44.2 Å². The fraction of sp³-hybridized carbons (Fsp3) is 0.524. The van der Waals surface area contributed by atoms with Crippen LogP contribution in [0.2, 0.25) is 10.2 Å². The van der Waals surface area contributed by atoms with Gasteiger partial charge in [0.25, 0.3) is 0 Å². The Morgan fingerprint density at radius 2 is 1.74 bits per heavy atom. The molecule has 0 aliphatic carbocycles. The van der Waals surface area contributed by atoms with E-state index in [4.69, 9.17) is 27.9 Å². The molecule has 1 N–H and O–H groups in total. The lowest BCUT2D eigenvalue weighted by Crippen LogP contribution is -2.37.